The molecular formula is C10H17BrN2O. The Morgan fingerprint density at radius 1 is 1.57 bits per heavy atom. The van der Waals surface area contributed by atoms with Crippen LogP contribution in [-0.4, -0.2) is 40.8 Å². The van der Waals surface area contributed by atoms with Gasteiger partial charge in [0.1, 0.15) is 4.32 Å². The summed E-state index contributed by atoms with van der Waals surface area (Å²) in [6.07, 6.45) is 3.19. The molecule has 1 amide bonds. The van der Waals surface area contributed by atoms with Crippen LogP contribution in [0.5, 0.6) is 0 Å². The van der Waals surface area contributed by atoms with E-state index in [1.54, 1.807) is 0 Å². The lowest BCUT2D eigenvalue weighted by Crippen LogP contribution is -2.57. The Bertz CT molecular complexity index is 240. The van der Waals surface area contributed by atoms with Crippen molar-refractivity contribution in [1.29, 1.82) is 0 Å². The third kappa shape index (κ3) is 1.82. The van der Waals surface area contributed by atoms with Crippen LogP contribution in [0.15, 0.2) is 0 Å². The highest BCUT2D eigenvalue weighted by molar-refractivity contribution is 9.10. The minimum Gasteiger partial charge on any atom is -0.339 e. The maximum absolute atomic E-state index is 12.1. The normalized spacial score (nSPS) is 31.0. The summed E-state index contributed by atoms with van der Waals surface area (Å²) in [7, 11) is 0. The minimum absolute atomic E-state index is 0.204. The Kier molecular flexibility index (Phi) is 2.84. The molecule has 1 N–H and O–H groups in total. The summed E-state index contributed by atoms with van der Waals surface area (Å²) >= 11 is 3.58. The Morgan fingerprint density at radius 3 is 2.79 bits per heavy atom. The first kappa shape index (κ1) is 10.4. The number of hydrogen-bond acceptors (Lipinski definition) is 2. The Hall–Kier alpha value is -0.0900. The highest BCUT2D eigenvalue weighted by atomic mass is 79.9. The molecule has 2 rings (SSSR count). The zero-order valence-electron chi connectivity index (χ0n) is 8.55. The quantitative estimate of drug-likeness (QED) is 0.717. The van der Waals surface area contributed by atoms with E-state index in [9.17, 15) is 4.79 Å². The van der Waals surface area contributed by atoms with E-state index in [0.29, 0.717) is 11.9 Å². The van der Waals surface area contributed by atoms with Crippen LogP contribution >= 0.6 is 15.9 Å². The molecule has 0 aromatic heterocycles. The number of carbonyl (C=O) groups is 1. The van der Waals surface area contributed by atoms with Crippen molar-refractivity contribution >= 4 is 21.8 Å². The monoisotopic (exact) mass is 260 g/mol. The van der Waals surface area contributed by atoms with Crippen LogP contribution in [-0.2, 0) is 4.79 Å². The smallest absolute Gasteiger partial charge is 0.239 e. The number of piperazine rings is 1. The summed E-state index contributed by atoms with van der Waals surface area (Å²) in [5.74, 6) is 0.303. The van der Waals surface area contributed by atoms with E-state index in [1.807, 2.05) is 4.90 Å². The SMILES string of the molecule is C[C@@H]1CN(C(=O)C2(Br)CCC2)CCN1. The number of rotatable bonds is 1. The average molecular weight is 261 g/mol. The van der Waals surface area contributed by atoms with Crippen LogP contribution < -0.4 is 5.32 Å². The summed E-state index contributed by atoms with van der Waals surface area (Å²) in [5, 5.41) is 3.35. The zero-order valence-corrected chi connectivity index (χ0v) is 10.1. The number of nitrogens with zero attached hydrogens (tertiary/aromatic N) is 1. The highest BCUT2D eigenvalue weighted by Crippen LogP contribution is 2.41. The number of halogens is 1. The lowest BCUT2D eigenvalue weighted by Gasteiger charge is -2.41. The third-order valence-electron chi connectivity index (χ3n) is 3.19. The topological polar surface area (TPSA) is 32.3 Å². The van der Waals surface area contributed by atoms with Crippen molar-refractivity contribution in [2.75, 3.05) is 19.6 Å². The van der Waals surface area contributed by atoms with Crippen molar-refractivity contribution in [3.8, 4) is 0 Å². The van der Waals surface area contributed by atoms with Crippen molar-refractivity contribution in [1.82, 2.24) is 10.2 Å². The Balaban J connectivity index is 1.96. The number of amides is 1. The molecule has 4 heteroatoms. The summed E-state index contributed by atoms with van der Waals surface area (Å²) in [5.41, 5.74) is 0. The molecular weight excluding hydrogens is 244 g/mol. The van der Waals surface area contributed by atoms with E-state index in [2.05, 4.69) is 28.2 Å². The van der Waals surface area contributed by atoms with Crippen LogP contribution in [0.25, 0.3) is 0 Å². The molecule has 2 aliphatic rings. The zero-order chi connectivity index (χ0) is 10.2. The molecule has 0 aromatic carbocycles. The maximum Gasteiger partial charge on any atom is 0.239 e. The van der Waals surface area contributed by atoms with Gasteiger partial charge in [0.05, 0.1) is 0 Å². The molecule has 1 atom stereocenters. The molecule has 0 spiro atoms. The second kappa shape index (κ2) is 3.81. The number of alkyl halides is 1. The summed E-state index contributed by atoms with van der Waals surface area (Å²) in [6, 6.07) is 0.434. The van der Waals surface area contributed by atoms with E-state index >= 15 is 0 Å². The molecule has 0 radical (unpaired) electrons. The first-order valence-electron chi connectivity index (χ1n) is 5.33. The largest absolute Gasteiger partial charge is 0.339 e. The Labute approximate surface area is 93.4 Å². The van der Waals surface area contributed by atoms with Crippen LogP contribution in [0.1, 0.15) is 26.2 Å². The molecule has 80 valence electrons. The standard InChI is InChI=1S/C10H17BrN2O/c1-8-7-13(6-5-12-8)9(14)10(11)3-2-4-10/h8,12H,2-7H2,1H3/t8-/m1/s1. The van der Waals surface area contributed by atoms with Gasteiger partial charge in [-0.05, 0) is 26.2 Å². The van der Waals surface area contributed by atoms with E-state index in [4.69, 9.17) is 0 Å². The highest BCUT2D eigenvalue weighted by Gasteiger charge is 2.44. The van der Waals surface area contributed by atoms with E-state index < -0.39 is 0 Å². The van der Waals surface area contributed by atoms with Gasteiger partial charge in [0.15, 0.2) is 0 Å². The molecule has 1 aliphatic carbocycles. The fourth-order valence-electron chi connectivity index (χ4n) is 2.10. The average Bonchev–Trinajstić information content (AvgIpc) is 2.13. The fourth-order valence-corrected chi connectivity index (χ4v) is 2.91. The fraction of sp³-hybridized carbons (Fsp3) is 0.900. The lowest BCUT2D eigenvalue weighted by atomic mass is 9.83. The van der Waals surface area contributed by atoms with Crippen LogP contribution in [0.3, 0.4) is 0 Å². The first-order chi connectivity index (χ1) is 6.62. The van der Waals surface area contributed by atoms with Crippen molar-refractivity contribution in [2.24, 2.45) is 0 Å². The van der Waals surface area contributed by atoms with E-state index in [1.165, 1.54) is 6.42 Å². The number of carbonyl (C=O) groups excluding carboxylic acids is 1. The van der Waals surface area contributed by atoms with Gasteiger partial charge in [-0.15, -0.1) is 0 Å². The molecule has 14 heavy (non-hydrogen) atoms. The summed E-state index contributed by atoms with van der Waals surface area (Å²) < 4.78 is -0.204. The van der Waals surface area contributed by atoms with Crippen LogP contribution in [0.2, 0.25) is 0 Å². The molecule has 3 nitrogen and oxygen atoms in total. The Morgan fingerprint density at radius 2 is 2.29 bits per heavy atom. The predicted molar refractivity (Wildman–Crippen MR) is 59.6 cm³/mol. The van der Waals surface area contributed by atoms with E-state index in [-0.39, 0.29) is 4.32 Å². The molecule has 1 saturated carbocycles. The molecule has 1 heterocycles. The van der Waals surface area contributed by atoms with Gasteiger partial charge in [-0.3, -0.25) is 4.79 Å². The molecule has 0 aromatic rings. The van der Waals surface area contributed by atoms with Gasteiger partial charge in [-0.1, -0.05) is 15.9 Å². The predicted octanol–water partition coefficient (Wildman–Crippen LogP) is 1.12. The summed E-state index contributed by atoms with van der Waals surface area (Å²) in [6.45, 7) is 4.76. The van der Waals surface area contributed by atoms with Gasteiger partial charge in [-0.2, -0.15) is 0 Å². The second-order valence-electron chi connectivity index (χ2n) is 4.43. The molecule has 1 saturated heterocycles. The lowest BCUT2D eigenvalue weighted by molar-refractivity contribution is -0.136. The van der Waals surface area contributed by atoms with Gasteiger partial charge in [0.2, 0.25) is 5.91 Å². The third-order valence-corrected chi connectivity index (χ3v) is 4.32. The summed E-state index contributed by atoms with van der Waals surface area (Å²) in [4.78, 5) is 14.1. The van der Waals surface area contributed by atoms with Crippen LogP contribution in [0.4, 0.5) is 0 Å². The first-order valence-corrected chi connectivity index (χ1v) is 6.13. The molecule has 1 aliphatic heterocycles. The van der Waals surface area contributed by atoms with Crippen LogP contribution in [0, 0.1) is 0 Å². The van der Waals surface area contributed by atoms with Crippen molar-refractivity contribution in [3.05, 3.63) is 0 Å². The van der Waals surface area contributed by atoms with Gasteiger partial charge in [-0.25, -0.2) is 0 Å². The molecule has 0 bridgehead atoms. The second-order valence-corrected chi connectivity index (χ2v) is 5.94. The molecule has 0 unspecified atom stereocenters. The van der Waals surface area contributed by atoms with Crippen molar-refractivity contribution in [2.45, 2.75) is 36.6 Å². The minimum atomic E-state index is -0.204. The van der Waals surface area contributed by atoms with E-state index in [0.717, 1.165) is 32.5 Å². The van der Waals surface area contributed by atoms with Gasteiger partial charge in [0.25, 0.3) is 0 Å². The van der Waals surface area contributed by atoms with Crippen molar-refractivity contribution < 1.29 is 4.79 Å². The van der Waals surface area contributed by atoms with Gasteiger partial charge in [0, 0.05) is 25.7 Å². The number of nitrogens with one attached hydrogen (secondary N) is 1. The maximum atomic E-state index is 12.1. The van der Waals surface area contributed by atoms with Gasteiger partial charge < -0.3 is 10.2 Å². The van der Waals surface area contributed by atoms with Crippen molar-refractivity contribution in [3.63, 3.8) is 0 Å². The molecule has 2 fully saturated rings. The van der Waals surface area contributed by atoms with Gasteiger partial charge >= 0.3 is 0 Å². The number of hydrogen-bond donors (Lipinski definition) is 1.